The summed E-state index contributed by atoms with van der Waals surface area (Å²) in [4.78, 5) is 10.8. The number of hydrogen-bond donors (Lipinski definition) is 5. The highest BCUT2D eigenvalue weighted by molar-refractivity contribution is 5.92. The lowest BCUT2D eigenvalue weighted by Crippen LogP contribution is -1.90. The summed E-state index contributed by atoms with van der Waals surface area (Å²) in [6.07, 6.45) is 1.60. The number of aldehydes is 1. The van der Waals surface area contributed by atoms with Crippen LogP contribution in [-0.2, 0) is 4.79 Å². The van der Waals surface area contributed by atoms with Gasteiger partial charge in [0.15, 0.2) is 23.0 Å². The van der Waals surface area contributed by atoms with E-state index in [1.807, 2.05) is 0 Å². The molecule has 6 heteroatoms. The van der Waals surface area contributed by atoms with Gasteiger partial charge in [-0.2, -0.15) is 0 Å². The van der Waals surface area contributed by atoms with Gasteiger partial charge >= 0.3 is 0 Å². The summed E-state index contributed by atoms with van der Waals surface area (Å²) in [6.45, 7) is 0. The minimum Gasteiger partial charge on any atom is -0.504 e. The van der Waals surface area contributed by atoms with Crippen LogP contribution >= 0.6 is 0 Å². The lowest BCUT2D eigenvalue weighted by atomic mass is 9.96. The van der Waals surface area contributed by atoms with Crippen molar-refractivity contribution in [3.63, 3.8) is 0 Å². The van der Waals surface area contributed by atoms with Crippen LogP contribution in [0.5, 0.6) is 28.7 Å². The van der Waals surface area contributed by atoms with Crippen LogP contribution in [0, 0.1) is 0 Å². The molecule has 2 aromatic rings. The van der Waals surface area contributed by atoms with Gasteiger partial charge in [0.25, 0.3) is 0 Å². The maximum Gasteiger partial charge on any atom is 0.200 e. The number of phenolic OH excluding ortho intramolecular Hbond substituents is 5. The summed E-state index contributed by atoms with van der Waals surface area (Å²) in [6, 6.07) is 6.31. The molecule has 6 nitrogen and oxygen atoms in total. The molecular weight excluding hydrogens is 276 g/mol. The number of carbonyl (C=O) groups is 1. The van der Waals surface area contributed by atoms with Crippen molar-refractivity contribution >= 4 is 11.9 Å². The van der Waals surface area contributed by atoms with Crippen molar-refractivity contribution in [3.05, 3.63) is 47.5 Å². The average molecular weight is 288 g/mol. The lowest BCUT2D eigenvalue weighted by Gasteiger charge is -2.12. The van der Waals surface area contributed by atoms with E-state index >= 15 is 0 Å². The van der Waals surface area contributed by atoms with Crippen LogP contribution in [0.25, 0.3) is 5.57 Å². The van der Waals surface area contributed by atoms with Gasteiger partial charge in [-0.1, -0.05) is 6.07 Å². The lowest BCUT2D eigenvalue weighted by molar-refractivity contribution is -0.104. The summed E-state index contributed by atoms with van der Waals surface area (Å²) >= 11 is 0. The van der Waals surface area contributed by atoms with Gasteiger partial charge in [0.2, 0.25) is 5.75 Å². The van der Waals surface area contributed by atoms with Crippen LogP contribution < -0.4 is 0 Å². The third-order valence-electron chi connectivity index (χ3n) is 2.94. The Balaban J connectivity index is 2.65. The van der Waals surface area contributed by atoms with E-state index in [1.54, 1.807) is 0 Å². The van der Waals surface area contributed by atoms with Gasteiger partial charge in [0.05, 0.1) is 0 Å². The molecule has 0 atom stereocenters. The maximum absolute atomic E-state index is 10.8. The highest BCUT2D eigenvalue weighted by Gasteiger charge is 2.16. The number of benzene rings is 2. The average Bonchev–Trinajstić information content (AvgIpc) is 2.46. The second-order valence-electron chi connectivity index (χ2n) is 4.25. The first-order valence-electron chi connectivity index (χ1n) is 5.87. The fourth-order valence-corrected chi connectivity index (χ4v) is 1.89. The molecule has 21 heavy (non-hydrogen) atoms. The minimum absolute atomic E-state index is 0.0856. The van der Waals surface area contributed by atoms with Gasteiger partial charge < -0.3 is 25.5 Å². The number of hydrogen-bond acceptors (Lipinski definition) is 6. The van der Waals surface area contributed by atoms with Gasteiger partial charge in [-0.3, -0.25) is 4.79 Å². The second kappa shape index (κ2) is 5.46. The predicted octanol–water partition coefficient (Wildman–Crippen LogP) is 1.85. The smallest absolute Gasteiger partial charge is 0.200 e. The quantitative estimate of drug-likeness (QED) is 0.334. The van der Waals surface area contributed by atoms with E-state index in [-0.39, 0.29) is 16.9 Å². The van der Waals surface area contributed by atoms with E-state index in [9.17, 15) is 30.3 Å². The molecule has 0 aliphatic heterocycles. The van der Waals surface area contributed by atoms with E-state index < -0.39 is 23.0 Å². The third kappa shape index (κ3) is 2.59. The van der Waals surface area contributed by atoms with Crippen molar-refractivity contribution in [1.29, 1.82) is 0 Å². The molecule has 0 bridgehead atoms. The first-order chi connectivity index (χ1) is 9.95. The van der Waals surface area contributed by atoms with Gasteiger partial charge in [0.1, 0.15) is 6.29 Å². The van der Waals surface area contributed by atoms with Gasteiger partial charge in [0, 0.05) is 5.56 Å². The predicted molar refractivity (Wildman–Crippen MR) is 74.4 cm³/mol. The molecule has 0 aliphatic carbocycles. The summed E-state index contributed by atoms with van der Waals surface area (Å²) in [7, 11) is 0. The summed E-state index contributed by atoms with van der Waals surface area (Å²) in [5, 5.41) is 47.6. The fourth-order valence-electron chi connectivity index (χ4n) is 1.89. The van der Waals surface area contributed by atoms with Crippen molar-refractivity contribution in [2.24, 2.45) is 0 Å². The van der Waals surface area contributed by atoms with Gasteiger partial charge in [-0.05, 0) is 41.5 Å². The normalized spacial score (nSPS) is 11.3. The Morgan fingerprint density at radius 3 is 2.10 bits per heavy atom. The highest BCUT2D eigenvalue weighted by atomic mass is 16.3. The zero-order valence-corrected chi connectivity index (χ0v) is 10.7. The monoisotopic (exact) mass is 288 g/mol. The van der Waals surface area contributed by atoms with E-state index in [0.29, 0.717) is 11.8 Å². The zero-order chi connectivity index (χ0) is 15.6. The van der Waals surface area contributed by atoms with Crippen LogP contribution in [-0.4, -0.2) is 31.8 Å². The highest BCUT2D eigenvalue weighted by Crippen LogP contribution is 2.42. The van der Waals surface area contributed by atoms with Crippen LogP contribution in [0.15, 0.2) is 36.4 Å². The summed E-state index contributed by atoms with van der Waals surface area (Å²) in [5.41, 5.74) is 0.619. The molecule has 2 aromatic carbocycles. The number of phenols is 5. The Morgan fingerprint density at radius 1 is 0.810 bits per heavy atom. The van der Waals surface area contributed by atoms with E-state index in [4.69, 9.17) is 0 Å². The number of aromatic hydroxyl groups is 5. The number of carbonyl (C=O) groups excluding carboxylic acids is 1. The molecule has 0 heterocycles. The van der Waals surface area contributed by atoms with Crippen molar-refractivity contribution in [2.45, 2.75) is 0 Å². The number of allylic oxidation sites excluding steroid dienone is 1. The van der Waals surface area contributed by atoms with Crippen molar-refractivity contribution < 1.29 is 30.3 Å². The van der Waals surface area contributed by atoms with Crippen LogP contribution in [0.3, 0.4) is 0 Å². The van der Waals surface area contributed by atoms with Crippen molar-refractivity contribution in [1.82, 2.24) is 0 Å². The Kier molecular flexibility index (Phi) is 3.71. The summed E-state index contributed by atoms with van der Waals surface area (Å²) in [5.74, 6) is -2.55. The van der Waals surface area contributed by atoms with Gasteiger partial charge in [-0.15, -0.1) is 0 Å². The van der Waals surface area contributed by atoms with Crippen LogP contribution in [0.1, 0.15) is 11.1 Å². The first-order valence-corrected chi connectivity index (χ1v) is 5.87. The Morgan fingerprint density at radius 2 is 1.48 bits per heavy atom. The molecule has 5 N–H and O–H groups in total. The Labute approximate surface area is 119 Å². The SMILES string of the molecule is O=C/C=C(\c1ccc(O)c(O)c1)c1ccc(O)c(O)c1O. The molecule has 0 saturated heterocycles. The Bertz CT molecular complexity index is 733. The van der Waals surface area contributed by atoms with Gasteiger partial charge in [-0.25, -0.2) is 0 Å². The molecule has 108 valence electrons. The molecule has 0 radical (unpaired) electrons. The molecule has 0 amide bonds. The second-order valence-corrected chi connectivity index (χ2v) is 4.25. The molecule has 2 rings (SSSR count). The van der Waals surface area contributed by atoms with Crippen LogP contribution in [0.4, 0.5) is 0 Å². The minimum atomic E-state index is -0.715. The molecule has 0 saturated carbocycles. The zero-order valence-electron chi connectivity index (χ0n) is 10.7. The molecule has 0 fully saturated rings. The topological polar surface area (TPSA) is 118 Å². The van der Waals surface area contributed by atoms with E-state index in [0.717, 1.165) is 12.1 Å². The summed E-state index contributed by atoms with van der Waals surface area (Å²) < 4.78 is 0. The first kappa shape index (κ1) is 14.3. The fraction of sp³-hybridized carbons (Fsp3) is 0. The van der Waals surface area contributed by atoms with E-state index in [2.05, 4.69) is 0 Å². The van der Waals surface area contributed by atoms with Crippen LogP contribution in [0.2, 0.25) is 0 Å². The van der Waals surface area contributed by atoms with Crippen molar-refractivity contribution in [3.8, 4) is 28.7 Å². The van der Waals surface area contributed by atoms with E-state index in [1.165, 1.54) is 24.3 Å². The molecular formula is C15H12O6. The third-order valence-corrected chi connectivity index (χ3v) is 2.94. The number of rotatable bonds is 3. The molecule has 0 spiro atoms. The molecule has 0 aromatic heterocycles. The molecule has 0 aliphatic rings. The standard InChI is InChI=1S/C15H12O6/c16-6-5-9(8-1-3-11(17)13(19)7-8)10-2-4-12(18)15(21)14(10)20/h1-7,17-21H/b9-5+. The van der Waals surface area contributed by atoms with Crippen molar-refractivity contribution in [2.75, 3.05) is 0 Å². The largest absolute Gasteiger partial charge is 0.504 e. The Hall–Kier alpha value is -3.15. The maximum atomic E-state index is 10.8. The molecule has 0 unspecified atom stereocenters.